The van der Waals surface area contributed by atoms with Crippen molar-refractivity contribution < 1.29 is 28.2 Å². The molecular formula is C21H22ClF2NO4. The van der Waals surface area contributed by atoms with Gasteiger partial charge in [0, 0.05) is 10.6 Å². The van der Waals surface area contributed by atoms with Crippen molar-refractivity contribution in [2.24, 2.45) is 5.92 Å². The number of aliphatic carboxylic acids is 1. The minimum absolute atomic E-state index is 0.0331. The third kappa shape index (κ3) is 6.15. The topological polar surface area (TPSA) is 75.6 Å². The van der Waals surface area contributed by atoms with Gasteiger partial charge in [0.1, 0.15) is 6.04 Å². The molecule has 0 aliphatic heterocycles. The predicted octanol–water partition coefficient (Wildman–Crippen LogP) is 5.40. The van der Waals surface area contributed by atoms with Gasteiger partial charge in [0.25, 0.3) is 0 Å². The number of nitrogens with one attached hydrogen (secondary N) is 1. The Labute approximate surface area is 172 Å². The van der Waals surface area contributed by atoms with Crippen LogP contribution in [0.15, 0.2) is 54.6 Å². The standard InChI is InChI=1S/C21H22ClF2NO4/c1-13(2)11-17(19(26)27)25-20(28)29-18(14-7-4-3-5-8-14)21(23,24)15-9-6-10-16(22)12-15/h3-10,12-13,17-18H,11H2,1-2H3,(H,25,28)(H,26,27)/t17-,18?/m0/s1. The fourth-order valence-electron chi connectivity index (χ4n) is 2.80. The first-order valence-electron chi connectivity index (χ1n) is 9.00. The second-order valence-corrected chi connectivity index (χ2v) is 7.43. The third-order valence-corrected chi connectivity index (χ3v) is 4.40. The van der Waals surface area contributed by atoms with Crippen LogP contribution in [0.25, 0.3) is 0 Å². The molecule has 2 aromatic carbocycles. The Morgan fingerprint density at radius 2 is 1.79 bits per heavy atom. The second kappa shape index (κ2) is 9.69. The van der Waals surface area contributed by atoms with Crippen LogP contribution in [-0.4, -0.2) is 23.2 Å². The summed E-state index contributed by atoms with van der Waals surface area (Å²) in [4.78, 5) is 23.7. The van der Waals surface area contributed by atoms with Crippen LogP contribution < -0.4 is 5.32 Å². The molecule has 0 radical (unpaired) electrons. The molecule has 29 heavy (non-hydrogen) atoms. The molecule has 0 heterocycles. The first-order valence-corrected chi connectivity index (χ1v) is 9.37. The van der Waals surface area contributed by atoms with Crippen molar-refractivity contribution >= 4 is 23.7 Å². The molecule has 5 nitrogen and oxygen atoms in total. The molecule has 1 unspecified atom stereocenters. The van der Waals surface area contributed by atoms with Gasteiger partial charge in [-0.25, -0.2) is 9.59 Å². The summed E-state index contributed by atoms with van der Waals surface area (Å²) in [5.41, 5.74) is -0.369. The van der Waals surface area contributed by atoms with Crippen LogP contribution in [0.5, 0.6) is 0 Å². The summed E-state index contributed by atoms with van der Waals surface area (Å²) in [6.07, 6.45) is -3.09. The summed E-state index contributed by atoms with van der Waals surface area (Å²) in [6.45, 7) is 3.56. The Morgan fingerprint density at radius 1 is 1.14 bits per heavy atom. The number of alkyl carbamates (subject to hydrolysis) is 1. The van der Waals surface area contributed by atoms with E-state index in [0.717, 1.165) is 6.07 Å². The third-order valence-electron chi connectivity index (χ3n) is 4.16. The van der Waals surface area contributed by atoms with Crippen molar-refractivity contribution in [1.29, 1.82) is 0 Å². The first-order chi connectivity index (χ1) is 13.6. The van der Waals surface area contributed by atoms with E-state index in [1.54, 1.807) is 19.9 Å². The SMILES string of the molecule is CC(C)C[C@H](NC(=O)OC(c1ccccc1)C(F)(F)c1cccc(Cl)c1)C(=O)O. The van der Waals surface area contributed by atoms with Crippen molar-refractivity contribution in [2.45, 2.75) is 38.3 Å². The van der Waals surface area contributed by atoms with Crippen molar-refractivity contribution in [3.8, 4) is 0 Å². The highest BCUT2D eigenvalue weighted by Gasteiger charge is 2.45. The molecule has 8 heteroatoms. The zero-order valence-electron chi connectivity index (χ0n) is 15.9. The summed E-state index contributed by atoms with van der Waals surface area (Å²) >= 11 is 5.84. The Hall–Kier alpha value is -2.67. The van der Waals surface area contributed by atoms with E-state index in [1.165, 1.54) is 42.5 Å². The number of hydrogen-bond acceptors (Lipinski definition) is 3. The Morgan fingerprint density at radius 3 is 2.34 bits per heavy atom. The lowest BCUT2D eigenvalue weighted by Crippen LogP contribution is -2.43. The molecule has 0 fully saturated rings. The Kier molecular flexibility index (Phi) is 7.56. The van der Waals surface area contributed by atoms with Gasteiger partial charge in [-0.1, -0.05) is 67.9 Å². The van der Waals surface area contributed by atoms with Gasteiger partial charge in [-0.05, 0) is 30.0 Å². The zero-order valence-corrected chi connectivity index (χ0v) is 16.7. The number of benzene rings is 2. The Bertz CT molecular complexity index is 846. The maximum Gasteiger partial charge on any atom is 0.408 e. The van der Waals surface area contributed by atoms with Crippen LogP contribution in [0.1, 0.15) is 37.5 Å². The number of carboxylic acid groups (broad SMARTS) is 1. The smallest absolute Gasteiger partial charge is 0.408 e. The molecule has 0 aliphatic carbocycles. The van der Waals surface area contributed by atoms with E-state index in [4.69, 9.17) is 16.3 Å². The van der Waals surface area contributed by atoms with Gasteiger partial charge in [-0.2, -0.15) is 8.78 Å². The lowest BCUT2D eigenvalue weighted by atomic mass is 9.97. The van der Waals surface area contributed by atoms with Crippen molar-refractivity contribution in [3.05, 3.63) is 70.7 Å². The minimum atomic E-state index is -3.61. The molecule has 2 N–H and O–H groups in total. The van der Waals surface area contributed by atoms with Gasteiger partial charge in [0.15, 0.2) is 6.10 Å². The van der Waals surface area contributed by atoms with Gasteiger partial charge < -0.3 is 15.2 Å². The average Bonchev–Trinajstić information content (AvgIpc) is 2.65. The molecule has 2 aromatic rings. The number of carbonyl (C=O) groups is 2. The van der Waals surface area contributed by atoms with Crippen molar-refractivity contribution in [1.82, 2.24) is 5.32 Å². The van der Waals surface area contributed by atoms with Crippen LogP contribution in [0, 0.1) is 5.92 Å². The molecule has 156 valence electrons. The summed E-state index contributed by atoms with van der Waals surface area (Å²) < 4.78 is 35.6. The van der Waals surface area contributed by atoms with Crippen molar-refractivity contribution in [3.63, 3.8) is 0 Å². The highest BCUT2D eigenvalue weighted by Crippen LogP contribution is 2.43. The molecule has 2 atom stereocenters. The summed E-state index contributed by atoms with van der Waals surface area (Å²) in [7, 11) is 0. The zero-order chi connectivity index (χ0) is 21.6. The van der Waals surface area contributed by atoms with Crippen LogP contribution in [-0.2, 0) is 15.5 Å². The van der Waals surface area contributed by atoms with Crippen LogP contribution in [0.3, 0.4) is 0 Å². The molecule has 0 aliphatic rings. The molecule has 0 saturated heterocycles. The largest absolute Gasteiger partial charge is 0.480 e. The Balaban J connectivity index is 2.32. The van der Waals surface area contributed by atoms with Crippen LogP contribution in [0.2, 0.25) is 5.02 Å². The second-order valence-electron chi connectivity index (χ2n) is 6.99. The maximum absolute atomic E-state index is 15.3. The molecule has 0 bridgehead atoms. The van der Waals surface area contributed by atoms with E-state index in [2.05, 4.69) is 5.32 Å². The number of alkyl halides is 2. The van der Waals surface area contributed by atoms with E-state index in [-0.39, 0.29) is 22.9 Å². The molecular weight excluding hydrogens is 404 g/mol. The highest BCUT2D eigenvalue weighted by atomic mass is 35.5. The fraction of sp³-hybridized carbons (Fsp3) is 0.333. The van der Waals surface area contributed by atoms with Gasteiger partial charge >= 0.3 is 18.0 Å². The van der Waals surface area contributed by atoms with E-state index in [9.17, 15) is 14.7 Å². The molecule has 0 spiro atoms. The lowest BCUT2D eigenvalue weighted by Gasteiger charge is -2.28. The van der Waals surface area contributed by atoms with Gasteiger partial charge in [-0.15, -0.1) is 0 Å². The quantitative estimate of drug-likeness (QED) is 0.593. The number of halogens is 3. The molecule has 0 saturated carbocycles. The predicted molar refractivity (Wildman–Crippen MR) is 105 cm³/mol. The molecule has 1 amide bonds. The van der Waals surface area contributed by atoms with E-state index in [0.29, 0.717) is 0 Å². The molecule has 2 rings (SSSR count). The number of carbonyl (C=O) groups excluding carboxylic acids is 1. The van der Waals surface area contributed by atoms with Gasteiger partial charge in [0.2, 0.25) is 0 Å². The number of hydrogen-bond donors (Lipinski definition) is 2. The van der Waals surface area contributed by atoms with Gasteiger partial charge in [-0.3, -0.25) is 0 Å². The monoisotopic (exact) mass is 425 g/mol. The summed E-state index contributed by atoms with van der Waals surface area (Å²) in [5.74, 6) is -4.91. The lowest BCUT2D eigenvalue weighted by molar-refractivity contribution is -0.140. The van der Waals surface area contributed by atoms with Crippen LogP contribution in [0.4, 0.5) is 13.6 Å². The number of amides is 1. The van der Waals surface area contributed by atoms with Crippen molar-refractivity contribution in [2.75, 3.05) is 0 Å². The highest BCUT2D eigenvalue weighted by molar-refractivity contribution is 6.30. The van der Waals surface area contributed by atoms with Gasteiger partial charge in [0.05, 0.1) is 0 Å². The van der Waals surface area contributed by atoms with Crippen LogP contribution >= 0.6 is 11.6 Å². The molecule has 0 aromatic heterocycles. The summed E-state index contributed by atoms with van der Waals surface area (Å²) in [6, 6.07) is 11.4. The normalized spacial score (nSPS) is 13.6. The number of rotatable bonds is 8. The van der Waals surface area contributed by atoms with E-state index >= 15 is 8.78 Å². The first kappa shape index (κ1) is 22.6. The minimum Gasteiger partial charge on any atom is -0.480 e. The van der Waals surface area contributed by atoms with E-state index in [1.807, 2.05) is 0 Å². The van der Waals surface area contributed by atoms with E-state index < -0.39 is 35.7 Å². The average molecular weight is 426 g/mol. The number of ether oxygens (including phenoxy) is 1. The fourth-order valence-corrected chi connectivity index (χ4v) is 2.99. The summed E-state index contributed by atoms with van der Waals surface area (Å²) in [5, 5.41) is 11.5. The maximum atomic E-state index is 15.3. The number of carboxylic acids is 1.